The van der Waals surface area contributed by atoms with Crippen LogP contribution >= 0.6 is 11.5 Å². The number of anilines is 2. The van der Waals surface area contributed by atoms with E-state index < -0.39 is 17.9 Å². The van der Waals surface area contributed by atoms with Crippen LogP contribution in [0.2, 0.25) is 0 Å². The average Bonchev–Trinajstić information content (AvgIpc) is 3.54. The number of rotatable bonds is 7. The van der Waals surface area contributed by atoms with Gasteiger partial charge in [0.05, 0.1) is 12.0 Å². The Labute approximate surface area is 194 Å². The van der Waals surface area contributed by atoms with Crippen LogP contribution in [0.4, 0.5) is 11.4 Å². The van der Waals surface area contributed by atoms with Crippen molar-refractivity contribution in [3.8, 4) is 0 Å². The molecule has 0 saturated heterocycles. The summed E-state index contributed by atoms with van der Waals surface area (Å²) >= 11 is 0.771. The molecule has 9 nitrogen and oxygen atoms in total. The molecule has 2 aromatic heterocycles. The fraction of sp³-hybridized carbons (Fsp3) is 0.304. The predicted octanol–water partition coefficient (Wildman–Crippen LogP) is 3.17. The van der Waals surface area contributed by atoms with E-state index in [1.54, 1.807) is 24.3 Å². The van der Waals surface area contributed by atoms with E-state index in [1.807, 2.05) is 19.1 Å². The second kappa shape index (κ2) is 9.45. The first-order valence-corrected chi connectivity index (χ1v) is 11.4. The van der Waals surface area contributed by atoms with Gasteiger partial charge in [0.25, 0.3) is 17.7 Å². The lowest BCUT2D eigenvalue weighted by molar-refractivity contribution is -0.123. The highest BCUT2D eigenvalue weighted by atomic mass is 32.1. The van der Waals surface area contributed by atoms with Crippen LogP contribution in [-0.2, 0) is 4.79 Å². The van der Waals surface area contributed by atoms with Crippen molar-refractivity contribution in [2.75, 3.05) is 10.6 Å². The number of nitrogen functional groups attached to an aromatic ring is 1. The molecule has 1 atom stereocenters. The molecular formula is C23H25N5O4S. The standard InChI is InChI=1S/C23H25N5O4S/c1-13-7-2-5-10-15(13)28(23(31)20-17(24)18(21(25)29)27-33-20)19(16-11-6-12-32-16)22(30)26-14-8-3-4-9-14/h2,5-7,10-12,14,19H,3-4,8-9,24H2,1H3,(H2,25,29)(H,26,30). The maximum absolute atomic E-state index is 13.9. The quantitative estimate of drug-likeness (QED) is 0.487. The van der Waals surface area contributed by atoms with Gasteiger partial charge in [0.1, 0.15) is 10.6 Å². The molecule has 1 aliphatic rings. The summed E-state index contributed by atoms with van der Waals surface area (Å²) in [7, 11) is 0. The first kappa shape index (κ1) is 22.5. The number of nitrogens with zero attached hydrogens (tertiary/aromatic N) is 2. The van der Waals surface area contributed by atoms with Gasteiger partial charge in [-0.25, -0.2) is 0 Å². The molecule has 0 aliphatic heterocycles. The molecule has 0 spiro atoms. The largest absolute Gasteiger partial charge is 0.467 e. The molecule has 1 aliphatic carbocycles. The highest BCUT2D eigenvalue weighted by molar-refractivity contribution is 7.09. The van der Waals surface area contributed by atoms with Crippen molar-refractivity contribution in [2.24, 2.45) is 5.73 Å². The first-order chi connectivity index (χ1) is 15.9. The zero-order valence-corrected chi connectivity index (χ0v) is 18.9. The van der Waals surface area contributed by atoms with Gasteiger partial charge in [0.2, 0.25) is 0 Å². The molecule has 5 N–H and O–H groups in total. The van der Waals surface area contributed by atoms with Gasteiger partial charge in [-0.2, -0.15) is 4.37 Å². The number of nitrogens with one attached hydrogen (secondary N) is 1. The third-order valence-electron chi connectivity index (χ3n) is 5.77. The van der Waals surface area contributed by atoms with Crippen LogP contribution < -0.4 is 21.7 Å². The summed E-state index contributed by atoms with van der Waals surface area (Å²) in [6, 6.07) is 9.48. The molecule has 33 heavy (non-hydrogen) atoms. The smallest absolute Gasteiger partial charge is 0.273 e. The molecule has 1 aromatic carbocycles. The van der Waals surface area contributed by atoms with E-state index in [4.69, 9.17) is 15.9 Å². The number of aryl methyl sites for hydroxylation is 1. The summed E-state index contributed by atoms with van der Waals surface area (Å²) in [5.41, 5.74) is 12.4. The average molecular weight is 468 g/mol. The lowest BCUT2D eigenvalue weighted by Crippen LogP contribution is -2.46. The number of nitrogens with two attached hydrogens (primary N) is 2. The number of amides is 3. The van der Waals surface area contributed by atoms with E-state index in [0.717, 1.165) is 42.8 Å². The van der Waals surface area contributed by atoms with Crippen molar-refractivity contribution in [2.45, 2.75) is 44.7 Å². The Morgan fingerprint density at radius 2 is 1.91 bits per heavy atom. The number of hydrogen-bond acceptors (Lipinski definition) is 7. The predicted molar refractivity (Wildman–Crippen MR) is 125 cm³/mol. The minimum Gasteiger partial charge on any atom is -0.467 e. The van der Waals surface area contributed by atoms with Crippen LogP contribution in [0.1, 0.15) is 63.2 Å². The number of primary amides is 1. The number of carbonyl (C=O) groups excluding carboxylic acids is 3. The van der Waals surface area contributed by atoms with Crippen molar-refractivity contribution in [1.82, 2.24) is 9.69 Å². The second-order valence-corrected chi connectivity index (χ2v) is 8.78. The lowest BCUT2D eigenvalue weighted by Gasteiger charge is -2.31. The van der Waals surface area contributed by atoms with Crippen molar-refractivity contribution >= 4 is 40.6 Å². The van der Waals surface area contributed by atoms with Gasteiger partial charge >= 0.3 is 0 Å². The molecule has 0 radical (unpaired) electrons. The van der Waals surface area contributed by atoms with Crippen LogP contribution in [-0.4, -0.2) is 28.1 Å². The SMILES string of the molecule is Cc1ccccc1N(C(=O)c1snc(C(N)=O)c1N)C(C(=O)NC1CCCC1)c1ccco1. The van der Waals surface area contributed by atoms with Gasteiger partial charge in [-0.15, -0.1) is 0 Å². The van der Waals surface area contributed by atoms with Gasteiger partial charge < -0.3 is 21.2 Å². The number of furan rings is 1. The molecule has 10 heteroatoms. The molecule has 3 aromatic rings. The number of carbonyl (C=O) groups is 3. The van der Waals surface area contributed by atoms with Gasteiger partial charge in [0, 0.05) is 11.7 Å². The molecule has 172 valence electrons. The first-order valence-electron chi connectivity index (χ1n) is 10.7. The minimum atomic E-state index is -1.09. The summed E-state index contributed by atoms with van der Waals surface area (Å²) < 4.78 is 9.57. The van der Waals surface area contributed by atoms with Gasteiger partial charge in [-0.05, 0) is 55.1 Å². The van der Waals surface area contributed by atoms with Crippen LogP contribution in [0.15, 0.2) is 47.1 Å². The Morgan fingerprint density at radius 3 is 2.52 bits per heavy atom. The maximum Gasteiger partial charge on any atom is 0.273 e. The molecule has 4 rings (SSSR count). The fourth-order valence-corrected chi connectivity index (χ4v) is 4.85. The Kier molecular flexibility index (Phi) is 6.45. The molecular weight excluding hydrogens is 442 g/mol. The highest BCUT2D eigenvalue weighted by Crippen LogP contribution is 2.35. The summed E-state index contributed by atoms with van der Waals surface area (Å²) in [6.45, 7) is 1.84. The maximum atomic E-state index is 13.9. The molecule has 2 heterocycles. The molecule has 1 saturated carbocycles. The number of benzene rings is 1. The second-order valence-electron chi connectivity index (χ2n) is 8.01. The van der Waals surface area contributed by atoms with Gasteiger partial charge in [0.15, 0.2) is 11.7 Å². The van der Waals surface area contributed by atoms with Crippen molar-refractivity contribution in [3.63, 3.8) is 0 Å². The fourth-order valence-electron chi connectivity index (χ4n) is 4.11. The molecule has 0 bridgehead atoms. The molecule has 1 fully saturated rings. The summed E-state index contributed by atoms with van der Waals surface area (Å²) in [4.78, 5) is 40.5. The number of aromatic nitrogens is 1. The van der Waals surface area contributed by atoms with Crippen LogP contribution in [0.3, 0.4) is 0 Å². The van der Waals surface area contributed by atoms with E-state index in [-0.39, 0.29) is 28.2 Å². The minimum absolute atomic E-state index is 0.0253. The lowest BCUT2D eigenvalue weighted by atomic mass is 10.1. The van der Waals surface area contributed by atoms with Crippen LogP contribution in [0, 0.1) is 6.92 Å². The number of hydrogen-bond donors (Lipinski definition) is 3. The van der Waals surface area contributed by atoms with Crippen molar-refractivity contribution in [3.05, 3.63) is 64.6 Å². The van der Waals surface area contributed by atoms with Gasteiger partial charge in [-0.3, -0.25) is 19.3 Å². The molecule has 1 unspecified atom stereocenters. The van der Waals surface area contributed by atoms with Crippen LogP contribution in [0.25, 0.3) is 0 Å². The summed E-state index contributed by atoms with van der Waals surface area (Å²) in [6.07, 6.45) is 5.32. The van der Waals surface area contributed by atoms with E-state index in [9.17, 15) is 14.4 Å². The van der Waals surface area contributed by atoms with E-state index >= 15 is 0 Å². The van der Waals surface area contributed by atoms with Crippen molar-refractivity contribution < 1.29 is 18.8 Å². The molecule has 3 amide bonds. The highest BCUT2D eigenvalue weighted by Gasteiger charge is 2.39. The topological polar surface area (TPSA) is 145 Å². The summed E-state index contributed by atoms with van der Waals surface area (Å²) in [5, 5.41) is 3.07. The zero-order valence-electron chi connectivity index (χ0n) is 18.1. The Hall–Kier alpha value is -3.66. The third kappa shape index (κ3) is 4.47. The number of para-hydroxylation sites is 1. The van der Waals surface area contributed by atoms with E-state index in [0.29, 0.717) is 11.4 Å². The normalized spacial score (nSPS) is 14.7. The Balaban J connectivity index is 1.83. The Morgan fingerprint density at radius 1 is 1.18 bits per heavy atom. The monoisotopic (exact) mass is 467 g/mol. The third-order valence-corrected chi connectivity index (χ3v) is 6.62. The van der Waals surface area contributed by atoms with Crippen LogP contribution in [0.5, 0.6) is 0 Å². The van der Waals surface area contributed by atoms with E-state index in [1.165, 1.54) is 11.2 Å². The summed E-state index contributed by atoms with van der Waals surface area (Å²) in [5.74, 6) is -1.45. The Bertz CT molecular complexity index is 1170. The van der Waals surface area contributed by atoms with E-state index in [2.05, 4.69) is 9.69 Å². The van der Waals surface area contributed by atoms with Crippen molar-refractivity contribution in [1.29, 1.82) is 0 Å². The van der Waals surface area contributed by atoms with Gasteiger partial charge in [-0.1, -0.05) is 31.0 Å². The zero-order chi connectivity index (χ0) is 23.5.